The summed E-state index contributed by atoms with van der Waals surface area (Å²) in [4.78, 5) is 17.6. The van der Waals surface area contributed by atoms with Crippen molar-refractivity contribution in [2.45, 2.75) is 70.1 Å². The lowest BCUT2D eigenvalue weighted by molar-refractivity contribution is -0.255. The maximum absolute atomic E-state index is 15.5. The SMILES string of the molecule is CC1(C)OB(c2cc(F)c(CN3C(=O)c4cccnc4C3(O)O)c(C3CC3)c2)OC1(C)C. The van der Waals surface area contributed by atoms with Crippen molar-refractivity contribution in [3.63, 3.8) is 0 Å². The Morgan fingerprint density at radius 2 is 1.84 bits per heavy atom. The van der Waals surface area contributed by atoms with Gasteiger partial charge in [-0.2, -0.15) is 0 Å². The van der Waals surface area contributed by atoms with Crippen LogP contribution >= 0.6 is 0 Å². The molecule has 0 radical (unpaired) electrons. The van der Waals surface area contributed by atoms with Gasteiger partial charge in [0.2, 0.25) is 0 Å². The number of halogens is 1. The van der Waals surface area contributed by atoms with E-state index in [1.54, 1.807) is 6.07 Å². The summed E-state index contributed by atoms with van der Waals surface area (Å²) in [5.41, 5.74) is 0.417. The summed E-state index contributed by atoms with van der Waals surface area (Å²) in [6.45, 7) is 7.46. The number of carbonyl (C=O) groups is 1. The van der Waals surface area contributed by atoms with E-state index >= 15 is 4.39 Å². The van der Waals surface area contributed by atoms with Gasteiger partial charge in [0.25, 0.3) is 11.8 Å². The predicted octanol–water partition coefficient (Wildman–Crippen LogP) is 2.15. The molecule has 2 aliphatic heterocycles. The average molecular weight is 440 g/mol. The number of aliphatic hydroxyl groups is 2. The van der Waals surface area contributed by atoms with Gasteiger partial charge in [-0.1, -0.05) is 6.07 Å². The maximum Gasteiger partial charge on any atom is 0.494 e. The van der Waals surface area contributed by atoms with Crippen molar-refractivity contribution in [3.8, 4) is 0 Å². The number of nitrogens with zero attached hydrogens (tertiary/aromatic N) is 2. The van der Waals surface area contributed by atoms with Crippen LogP contribution in [0.5, 0.6) is 0 Å². The maximum atomic E-state index is 15.5. The summed E-state index contributed by atoms with van der Waals surface area (Å²) in [5, 5.41) is 21.3. The first-order chi connectivity index (χ1) is 14.9. The molecule has 1 saturated heterocycles. The molecule has 1 aromatic carbocycles. The molecule has 2 aromatic rings. The highest BCUT2D eigenvalue weighted by Crippen LogP contribution is 2.44. The molecule has 7 nitrogen and oxygen atoms in total. The number of hydrogen-bond donors (Lipinski definition) is 2. The molecule has 168 valence electrons. The van der Waals surface area contributed by atoms with Crippen LogP contribution in [0.25, 0.3) is 0 Å². The van der Waals surface area contributed by atoms with Crippen LogP contribution in [0, 0.1) is 5.82 Å². The van der Waals surface area contributed by atoms with Crippen molar-refractivity contribution in [1.29, 1.82) is 0 Å². The first-order valence-electron chi connectivity index (χ1n) is 10.8. The number of carbonyl (C=O) groups excluding carboxylic acids is 1. The number of pyridine rings is 1. The van der Waals surface area contributed by atoms with Gasteiger partial charge in [-0.25, -0.2) is 4.39 Å². The largest absolute Gasteiger partial charge is 0.494 e. The van der Waals surface area contributed by atoms with Gasteiger partial charge in [0, 0.05) is 11.8 Å². The van der Waals surface area contributed by atoms with Gasteiger partial charge in [0.05, 0.1) is 23.3 Å². The normalized spacial score (nSPS) is 23.0. The van der Waals surface area contributed by atoms with Gasteiger partial charge < -0.3 is 19.5 Å². The Hall–Kier alpha value is -2.33. The highest BCUT2D eigenvalue weighted by atomic mass is 19.1. The zero-order valence-corrected chi connectivity index (χ0v) is 18.6. The molecular formula is C23H26BFN2O5. The van der Waals surface area contributed by atoms with Gasteiger partial charge in [-0.15, -0.1) is 0 Å². The summed E-state index contributed by atoms with van der Waals surface area (Å²) < 4.78 is 27.6. The van der Waals surface area contributed by atoms with E-state index in [4.69, 9.17) is 9.31 Å². The number of fused-ring (bicyclic) bond motifs is 1. The second kappa shape index (κ2) is 6.84. The number of hydrogen-bond acceptors (Lipinski definition) is 6. The Bertz CT molecular complexity index is 1100. The predicted molar refractivity (Wildman–Crippen MR) is 114 cm³/mol. The smallest absolute Gasteiger partial charge is 0.399 e. The molecule has 2 N–H and O–H groups in total. The number of benzene rings is 1. The lowest BCUT2D eigenvalue weighted by Crippen LogP contribution is -2.44. The van der Waals surface area contributed by atoms with Crippen LogP contribution in [-0.4, -0.2) is 44.3 Å². The molecule has 5 rings (SSSR count). The second-order valence-corrected chi connectivity index (χ2v) is 9.86. The minimum atomic E-state index is -2.61. The minimum absolute atomic E-state index is 0.0970. The number of rotatable bonds is 4. The molecule has 1 amide bonds. The Kier molecular flexibility index (Phi) is 4.60. The summed E-state index contributed by atoms with van der Waals surface area (Å²) in [7, 11) is -0.710. The molecule has 3 aliphatic rings. The fourth-order valence-corrected chi connectivity index (χ4v) is 4.32. The molecular weight excluding hydrogens is 414 g/mol. The Morgan fingerprint density at radius 3 is 2.44 bits per heavy atom. The van der Waals surface area contributed by atoms with E-state index in [0.717, 1.165) is 23.3 Å². The standard InChI is InChI=1S/C23H26BFN2O5/c1-21(2)22(3,4)32-24(31-21)14-10-16(13-7-8-13)17(18(25)11-14)12-27-20(28)15-6-5-9-26-19(15)23(27,29)30/h5-6,9-11,13,29-30H,7-8,12H2,1-4H3. The monoisotopic (exact) mass is 440 g/mol. The lowest BCUT2D eigenvalue weighted by atomic mass is 9.77. The van der Waals surface area contributed by atoms with E-state index in [0.29, 0.717) is 5.46 Å². The van der Waals surface area contributed by atoms with Crippen LogP contribution in [0.1, 0.15) is 73.6 Å². The van der Waals surface area contributed by atoms with E-state index in [-0.39, 0.29) is 29.3 Å². The molecule has 2 fully saturated rings. The summed E-state index contributed by atoms with van der Waals surface area (Å²) in [6.07, 6.45) is 3.18. The molecule has 9 heteroatoms. The highest BCUT2D eigenvalue weighted by Gasteiger charge is 2.53. The van der Waals surface area contributed by atoms with Crippen LogP contribution in [0.2, 0.25) is 0 Å². The highest BCUT2D eigenvalue weighted by molar-refractivity contribution is 6.62. The molecule has 0 atom stereocenters. The van der Waals surface area contributed by atoms with E-state index in [1.165, 1.54) is 18.3 Å². The third-order valence-electron chi connectivity index (χ3n) is 7.09. The molecule has 1 saturated carbocycles. The minimum Gasteiger partial charge on any atom is -0.399 e. The van der Waals surface area contributed by atoms with Crippen LogP contribution in [0.3, 0.4) is 0 Å². The number of aromatic nitrogens is 1. The van der Waals surface area contributed by atoms with Crippen LogP contribution in [-0.2, 0) is 21.8 Å². The van der Waals surface area contributed by atoms with Gasteiger partial charge in [-0.05, 0) is 75.7 Å². The van der Waals surface area contributed by atoms with Crippen molar-refractivity contribution in [2.75, 3.05) is 0 Å². The number of amides is 1. The lowest BCUT2D eigenvalue weighted by Gasteiger charge is -2.32. The van der Waals surface area contributed by atoms with E-state index in [2.05, 4.69) is 4.98 Å². The van der Waals surface area contributed by atoms with Gasteiger partial charge in [0.15, 0.2) is 0 Å². The van der Waals surface area contributed by atoms with Crippen molar-refractivity contribution in [1.82, 2.24) is 9.88 Å². The Morgan fingerprint density at radius 1 is 1.19 bits per heavy atom. The molecule has 0 unspecified atom stereocenters. The van der Waals surface area contributed by atoms with Crippen LogP contribution in [0.4, 0.5) is 4.39 Å². The topological polar surface area (TPSA) is 92.1 Å². The first-order valence-corrected chi connectivity index (χ1v) is 10.8. The van der Waals surface area contributed by atoms with Gasteiger partial charge in [0.1, 0.15) is 11.5 Å². The molecule has 1 aliphatic carbocycles. The molecule has 0 spiro atoms. The molecule has 32 heavy (non-hydrogen) atoms. The van der Waals surface area contributed by atoms with Crippen molar-refractivity contribution in [2.24, 2.45) is 0 Å². The fourth-order valence-electron chi connectivity index (χ4n) is 4.32. The first kappa shape index (κ1) is 21.5. The van der Waals surface area contributed by atoms with Crippen molar-refractivity contribution < 1.29 is 28.7 Å². The zero-order valence-electron chi connectivity index (χ0n) is 18.6. The average Bonchev–Trinajstić information content (AvgIpc) is 3.49. The summed E-state index contributed by atoms with van der Waals surface area (Å²) in [6, 6.07) is 6.24. The van der Waals surface area contributed by atoms with E-state index in [1.807, 2.05) is 33.8 Å². The van der Waals surface area contributed by atoms with Crippen molar-refractivity contribution in [3.05, 3.63) is 58.7 Å². The summed E-state index contributed by atoms with van der Waals surface area (Å²) in [5.74, 6) is -3.60. The summed E-state index contributed by atoms with van der Waals surface area (Å²) >= 11 is 0. The van der Waals surface area contributed by atoms with Gasteiger partial charge in [-0.3, -0.25) is 14.7 Å². The second-order valence-electron chi connectivity index (χ2n) is 9.86. The molecule has 1 aromatic heterocycles. The Balaban J connectivity index is 1.51. The fraction of sp³-hybridized carbons (Fsp3) is 0.478. The third kappa shape index (κ3) is 3.18. The van der Waals surface area contributed by atoms with Crippen LogP contribution < -0.4 is 5.46 Å². The van der Waals surface area contributed by atoms with Gasteiger partial charge >= 0.3 is 7.12 Å². The van der Waals surface area contributed by atoms with E-state index < -0.39 is 36.0 Å². The van der Waals surface area contributed by atoms with Crippen LogP contribution in [0.15, 0.2) is 30.5 Å². The molecule has 0 bridgehead atoms. The molecule has 3 heterocycles. The zero-order chi connectivity index (χ0) is 23.1. The van der Waals surface area contributed by atoms with Crippen molar-refractivity contribution >= 4 is 18.5 Å². The third-order valence-corrected chi connectivity index (χ3v) is 7.09. The quantitative estimate of drug-likeness (QED) is 0.559. The Labute approximate surface area is 186 Å². The van der Waals surface area contributed by atoms with E-state index in [9.17, 15) is 15.0 Å².